The molecule has 0 unspecified atom stereocenters. The van der Waals surface area contributed by atoms with Crippen molar-refractivity contribution in [3.63, 3.8) is 0 Å². The number of ether oxygens (including phenoxy) is 3. The number of nitrogens with zero attached hydrogens (tertiary/aromatic N) is 1. The molecule has 0 aliphatic carbocycles. The minimum absolute atomic E-state index is 0.0559. The molecule has 1 heterocycles. The van der Waals surface area contributed by atoms with Gasteiger partial charge >= 0.3 is 0 Å². The number of hydrogen-bond donors (Lipinski definition) is 0. The summed E-state index contributed by atoms with van der Waals surface area (Å²) in [5.41, 5.74) is 0.991. The Bertz CT molecular complexity index is 1030. The molecule has 5 nitrogen and oxygen atoms in total. The molecule has 4 rings (SSSR count). The zero-order chi connectivity index (χ0) is 20.4. The van der Waals surface area contributed by atoms with Crippen molar-refractivity contribution in [3.8, 4) is 17.2 Å². The Morgan fingerprint density at radius 3 is 2.62 bits per heavy atom. The molecule has 1 aliphatic heterocycles. The van der Waals surface area contributed by atoms with E-state index in [1.165, 1.54) is 0 Å². The second-order valence-electron chi connectivity index (χ2n) is 7.41. The zero-order valence-corrected chi connectivity index (χ0v) is 16.9. The molecule has 0 spiro atoms. The average Bonchev–Trinajstić information content (AvgIpc) is 2.77. The number of carbonyl (C=O) groups excluding carboxylic acids is 1. The Balaban J connectivity index is 1.44. The Kier molecular flexibility index (Phi) is 5.30. The molecule has 0 radical (unpaired) electrons. The second kappa shape index (κ2) is 8.03. The summed E-state index contributed by atoms with van der Waals surface area (Å²) in [4.78, 5) is 14.7. The van der Waals surface area contributed by atoms with Crippen LogP contribution in [0.2, 0.25) is 0 Å². The average molecular weight is 391 g/mol. The van der Waals surface area contributed by atoms with Crippen LogP contribution in [0.1, 0.15) is 18.4 Å². The molecule has 3 aromatic carbocycles. The van der Waals surface area contributed by atoms with E-state index in [4.69, 9.17) is 14.2 Å². The topological polar surface area (TPSA) is 48.0 Å². The van der Waals surface area contributed by atoms with E-state index in [9.17, 15) is 4.79 Å². The van der Waals surface area contributed by atoms with Gasteiger partial charge in [-0.2, -0.15) is 0 Å². The molecule has 3 aromatic rings. The summed E-state index contributed by atoms with van der Waals surface area (Å²) in [5, 5.41) is 2.18. The molecule has 29 heavy (non-hydrogen) atoms. The molecule has 0 aromatic heterocycles. The first-order valence-electron chi connectivity index (χ1n) is 9.76. The van der Waals surface area contributed by atoms with Crippen molar-refractivity contribution in [3.05, 3.63) is 66.2 Å². The fourth-order valence-corrected chi connectivity index (χ4v) is 3.66. The van der Waals surface area contributed by atoms with Crippen LogP contribution in [0.4, 0.5) is 0 Å². The standard InChI is InChI=1S/C24H25NO4/c1-16(17-8-9-19-13-20(27-3)11-10-18(19)12-17)24(26)25(2)14-21-15-28-22-6-4-5-7-23(22)29-21/h4-13,16,21H,14-15H2,1-3H3/t16-,21-/m1/s1. The van der Waals surface area contributed by atoms with Gasteiger partial charge in [-0.1, -0.05) is 36.4 Å². The quantitative estimate of drug-likeness (QED) is 0.652. The molecular formula is C24H25NO4. The summed E-state index contributed by atoms with van der Waals surface area (Å²) in [6, 6.07) is 19.7. The van der Waals surface area contributed by atoms with Crippen LogP contribution in [-0.2, 0) is 4.79 Å². The normalized spacial score (nSPS) is 16.3. The first-order valence-corrected chi connectivity index (χ1v) is 9.76. The smallest absolute Gasteiger partial charge is 0.229 e. The molecule has 0 N–H and O–H groups in total. The highest BCUT2D eigenvalue weighted by Gasteiger charge is 2.26. The third-order valence-corrected chi connectivity index (χ3v) is 5.36. The number of hydrogen-bond acceptors (Lipinski definition) is 4. The number of para-hydroxylation sites is 2. The van der Waals surface area contributed by atoms with Crippen molar-refractivity contribution in [1.82, 2.24) is 4.90 Å². The molecule has 0 bridgehead atoms. The molecule has 0 saturated carbocycles. The highest BCUT2D eigenvalue weighted by molar-refractivity contribution is 5.88. The molecule has 5 heteroatoms. The molecule has 150 valence electrons. The van der Waals surface area contributed by atoms with Crippen molar-refractivity contribution in [2.24, 2.45) is 0 Å². The van der Waals surface area contributed by atoms with Crippen LogP contribution in [0.15, 0.2) is 60.7 Å². The summed E-state index contributed by atoms with van der Waals surface area (Å²) in [7, 11) is 3.47. The summed E-state index contributed by atoms with van der Waals surface area (Å²) in [5.74, 6) is 2.11. The van der Waals surface area contributed by atoms with E-state index in [1.54, 1.807) is 12.0 Å². The number of rotatable bonds is 5. The minimum atomic E-state index is -0.247. The predicted octanol–water partition coefficient (Wildman–Crippen LogP) is 4.25. The second-order valence-corrected chi connectivity index (χ2v) is 7.41. The van der Waals surface area contributed by atoms with E-state index in [0.29, 0.717) is 13.2 Å². The lowest BCUT2D eigenvalue weighted by Gasteiger charge is -2.30. The first-order chi connectivity index (χ1) is 14.0. The van der Waals surface area contributed by atoms with Gasteiger partial charge in [0.1, 0.15) is 12.4 Å². The Morgan fingerprint density at radius 2 is 1.83 bits per heavy atom. The SMILES string of the molecule is COc1ccc2cc([C@@H](C)C(=O)N(C)C[C@@H]3COc4ccccc4O3)ccc2c1. The lowest BCUT2D eigenvalue weighted by atomic mass is 9.96. The maximum Gasteiger partial charge on any atom is 0.229 e. The summed E-state index contributed by atoms with van der Waals surface area (Å²) in [6.45, 7) is 2.85. The summed E-state index contributed by atoms with van der Waals surface area (Å²) >= 11 is 0. The van der Waals surface area contributed by atoms with Crippen LogP contribution in [0, 0.1) is 0 Å². The van der Waals surface area contributed by atoms with Gasteiger partial charge in [0.25, 0.3) is 0 Å². The Labute approximate surface area is 170 Å². The third-order valence-electron chi connectivity index (χ3n) is 5.36. The van der Waals surface area contributed by atoms with Gasteiger partial charge in [-0.3, -0.25) is 4.79 Å². The van der Waals surface area contributed by atoms with E-state index < -0.39 is 0 Å². The largest absolute Gasteiger partial charge is 0.497 e. The van der Waals surface area contributed by atoms with E-state index >= 15 is 0 Å². The lowest BCUT2D eigenvalue weighted by molar-refractivity contribution is -0.132. The monoisotopic (exact) mass is 391 g/mol. The Hall–Kier alpha value is -3.21. The van der Waals surface area contributed by atoms with Gasteiger partial charge in [-0.05, 0) is 47.5 Å². The third kappa shape index (κ3) is 3.99. The maximum absolute atomic E-state index is 13.0. The zero-order valence-electron chi connectivity index (χ0n) is 16.9. The van der Waals surface area contributed by atoms with Crippen LogP contribution in [-0.4, -0.2) is 44.2 Å². The van der Waals surface area contributed by atoms with Crippen LogP contribution < -0.4 is 14.2 Å². The summed E-state index contributed by atoms with van der Waals surface area (Å²) in [6.07, 6.45) is -0.185. The molecule has 1 amide bonds. The maximum atomic E-state index is 13.0. The highest BCUT2D eigenvalue weighted by Crippen LogP contribution is 2.31. The van der Waals surface area contributed by atoms with Crippen molar-refractivity contribution >= 4 is 16.7 Å². The van der Waals surface area contributed by atoms with Crippen molar-refractivity contribution in [2.45, 2.75) is 18.9 Å². The summed E-state index contributed by atoms with van der Waals surface area (Å²) < 4.78 is 17.0. The molecular weight excluding hydrogens is 366 g/mol. The highest BCUT2D eigenvalue weighted by atomic mass is 16.6. The fourth-order valence-electron chi connectivity index (χ4n) is 3.66. The van der Waals surface area contributed by atoms with Gasteiger partial charge in [-0.15, -0.1) is 0 Å². The van der Waals surface area contributed by atoms with E-state index in [0.717, 1.165) is 33.6 Å². The van der Waals surface area contributed by atoms with Crippen LogP contribution >= 0.6 is 0 Å². The lowest BCUT2D eigenvalue weighted by Crippen LogP contribution is -2.43. The van der Waals surface area contributed by atoms with Gasteiger partial charge in [0.2, 0.25) is 5.91 Å². The van der Waals surface area contributed by atoms with E-state index in [2.05, 4.69) is 6.07 Å². The molecule has 1 aliphatic rings. The first kappa shape index (κ1) is 19.1. The van der Waals surface area contributed by atoms with Gasteiger partial charge < -0.3 is 19.1 Å². The Morgan fingerprint density at radius 1 is 1.10 bits per heavy atom. The number of carbonyl (C=O) groups is 1. The van der Waals surface area contributed by atoms with Gasteiger partial charge in [-0.25, -0.2) is 0 Å². The van der Waals surface area contributed by atoms with Crippen molar-refractivity contribution < 1.29 is 19.0 Å². The number of benzene rings is 3. The molecule has 0 saturated heterocycles. The van der Waals surface area contributed by atoms with Crippen LogP contribution in [0.5, 0.6) is 17.2 Å². The molecule has 0 fully saturated rings. The fraction of sp³-hybridized carbons (Fsp3) is 0.292. The predicted molar refractivity (Wildman–Crippen MR) is 113 cm³/mol. The van der Waals surface area contributed by atoms with Gasteiger partial charge in [0.15, 0.2) is 17.6 Å². The van der Waals surface area contributed by atoms with E-state index in [1.807, 2.05) is 68.6 Å². The number of amides is 1. The number of likely N-dealkylation sites (N-methyl/N-ethyl adjacent to an activating group) is 1. The number of fused-ring (bicyclic) bond motifs is 2. The van der Waals surface area contributed by atoms with Gasteiger partial charge in [0, 0.05) is 7.05 Å². The van der Waals surface area contributed by atoms with Gasteiger partial charge in [0.05, 0.1) is 19.6 Å². The minimum Gasteiger partial charge on any atom is -0.497 e. The van der Waals surface area contributed by atoms with Crippen LogP contribution in [0.3, 0.4) is 0 Å². The number of methoxy groups -OCH3 is 1. The van der Waals surface area contributed by atoms with Crippen LogP contribution in [0.25, 0.3) is 10.8 Å². The molecule has 2 atom stereocenters. The van der Waals surface area contributed by atoms with E-state index in [-0.39, 0.29) is 17.9 Å². The van der Waals surface area contributed by atoms with Crippen molar-refractivity contribution in [1.29, 1.82) is 0 Å². The van der Waals surface area contributed by atoms with Crippen molar-refractivity contribution in [2.75, 3.05) is 27.3 Å².